The van der Waals surface area contributed by atoms with Gasteiger partial charge in [-0.15, -0.1) is 0 Å². The molecule has 0 spiro atoms. The molecular formula is C12H13N3O3. The van der Waals surface area contributed by atoms with Crippen molar-refractivity contribution in [3.8, 4) is 0 Å². The zero-order valence-corrected chi connectivity index (χ0v) is 9.82. The average molecular weight is 247 g/mol. The average Bonchev–Trinajstić information content (AvgIpc) is 2.64. The minimum absolute atomic E-state index is 0.354. The number of H-pyrrole nitrogens is 1. The topological polar surface area (TPSA) is 97.2 Å². The lowest BCUT2D eigenvalue weighted by molar-refractivity contribution is -0.124. The van der Waals surface area contributed by atoms with Gasteiger partial charge in [-0.1, -0.05) is 18.2 Å². The van der Waals surface area contributed by atoms with Crippen LogP contribution < -0.4 is 11.2 Å². The maximum Gasteiger partial charge on any atom is 0.277 e. The summed E-state index contributed by atoms with van der Waals surface area (Å²) in [6.07, 6.45) is 0. The minimum atomic E-state index is -0.647. The number of aromatic amines is 1. The van der Waals surface area contributed by atoms with E-state index in [4.69, 9.17) is 10.6 Å². The van der Waals surface area contributed by atoms with E-state index in [9.17, 15) is 9.59 Å². The summed E-state index contributed by atoms with van der Waals surface area (Å²) in [6, 6.07) is 7.44. The monoisotopic (exact) mass is 247 g/mol. The van der Waals surface area contributed by atoms with Crippen LogP contribution in [0.3, 0.4) is 0 Å². The van der Waals surface area contributed by atoms with Gasteiger partial charge in [-0.3, -0.25) is 14.4 Å². The number of nitrogens with two attached hydrogens (primary N) is 1. The number of aryl methyl sites for hydroxylation is 1. The molecule has 4 N–H and O–H groups in total. The summed E-state index contributed by atoms with van der Waals surface area (Å²) in [5.74, 6) is -1.06. The number of hydrogen-bond donors (Lipinski definition) is 3. The summed E-state index contributed by atoms with van der Waals surface area (Å²) in [5, 5.41) is 0.801. The Kier molecular flexibility index (Phi) is 3.29. The Morgan fingerprint density at radius 1 is 1.39 bits per heavy atom. The summed E-state index contributed by atoms with van der Waals surface area (Å²) >= 11 is 0. The van der Waals surface area contributed by atoms with E-state index < -0.39 is 11.8 Å². The molecule has 94 valence electrons. The third kappa shape index (κ3) is 2.33. The number of primary amides is 1. The molecule has 0 fully saturated rings. The lowest BCUT2D eigenvalue weighted by Crippen LogP contribution is -2.29. The second-order valence-electron chi connectivity index (χ2n) is 3.86. The number of carbonyl (C=O) groups is 2. The van der Waals surface area contributed by atoms with Crippen molar-refractivity contribution in [1.29, 1.82) is 0 Å². The Balaban J connectivity index is 2.22. The van der Waals surface area contributed by atoms with Gasteiger partial charge in [0.1, 0.15) is 0 Å². The normalized spacial score (nSPS) is 10.5. The molecule has 18 heavy (non-hydrogen) atoms. The molecule has 0 saturated heterocycles. The smallest absolute Gasteiger partial charge is 0.277 e. The molecule has 0 aliphatic rings. The van der Waals surface area contributed by atoms with Gasteiger partial charge in [0.2, 0.25) is 5.91 Å². The molecular weight excluding hydrogens is 234 g/mol. The van der Waals surface area contributed by atoms with Crippen molar-refractivity contribution in [2.75, 3.05) is 6.61 Å². The van der Waals surface area contributed by atoms with Gasteiger partial charge in [0.25, 0.3) is 5.91 Å². The molecule has 0 saturated carbocycles. The van der Waals surface area contributed by atoms with Gasteiger partial charge < -0.3 is 10.7 Å². The van der Waals surface area contributed by atoms with E-state index in [0.29, 0.717) is 5.56 Å². The number of fused-ring (bicyclic) bond motifs is 1. The highest BCUT2D eigenvalue weighted by Crippen LogP contribution is 2.21. The molecule has 6 heteroatoms. The number of rotatable bonds is 4. The third-order valence-electron chi connectivity index (χ3n) is 2.50. The van der Waals surface area contributed by atoms with Crippen LogP contribution >= 0.6 is 0 Å². The number of hydroxylamine groups is 1. The quantitative estimate of drug-likeness (QED) is 0.691. The lowest BCUT2D eigenvalue weighted by Gasteiger charge is -2.04. The van der Waals surface area contributed by atoms with Crippen LogP contribution in [-0.4, -0.2) is 23.4 Å². The van der Waals surface area contributed by atoms with E-state index in [0.717, 1.165) is 16.6 Å². The first-order chi connectivity index (χ1) is 8.59. The maximum absolute atomic E-state index is 11.9. The van der Waals surface area contributed by atoms with Crippen LogP contribution in [-0.2, 0) is 9.63 Å². The third-order valence-corrected chi connectivity index (χ3v) is 2.50. The summed E-state index contributed by atoms with van der Waals surface area (Å²) in [6.45, 7) is 1.44. The van der Waals surface area contributed by atoms with Gasteiger partial charge in [0, 0.05) is 16.6 Å². The Bertz CT molecular complexity index is 604. The minimum Gasteiger partial charge on any atom is -0.368 e. The predicted molar refractivity (Wildman–Crippen MR) is 65.6 cm³/mol. The van der Waals surface area contributed by atoms with Gasteiger partial charge in [-0.2, -0.15) is 0 Å². The fourth-order valence-electron chi connectivity index (χ4n) is 1.79. The largest absolute Gasteiger partial charge is 0.368 e. The van der Waals surface area contributed by atoms with Crippen LogP contribution in [0.5, 0.6) is 0 Å². The molecule has 0 aliphatic heterocycles. The van der Waals surface area contributed by atoms with E-state index in [1.807, 2.05) is 24.3 Å². The van der Waals surface area contributed by atoms with Gasteiger partial charge >= 0.3 is 0 Å². The summed E-state index contributed by atoms with van der Waals surface area (Å²) in [5.41, 5.74) is 9.18. The Morgan fingerprint density at radius 2 is 2.11 bits per heavy atom. The zero-order chi connectivity index (χ0) is 13.1. The molecule has 0 bridgehead atoms. The standard InChI is InChI=1S/C12H13N3O3/c1-7-11(12(17)15-18-6-10(13)16)8-4-2-3-5-9(8)14-7/h2-5,14H,6H2,1H3,(H2,13,16)(H,15,17). The van der Waals surface area contributed by atoms with Gasteiger partial charge in [0.15, 0.2) is 6.61 Å². The first-order valence-electron chi connectivity index (χ1n) is 5.37. The highest BCUT2D eigenvalue weighted by molar-refractivity contribution is 6.07. The van der Waals surface area contributed by atoms with Crippen molar-refractivity contribution in [1.82, 2.24) is 10.5 Å². The summed E-state index contributed by atoms with van der Waals surface area (Å²) in [4.78, 5) is 30.2. The van der Waals surface area contributed by atoms with Crippen LogP contribution in [0.1, 0.15) is 16.1 Å². The number of aromatic nitrogens is 1. The number of carbonyl (C=O) groups excluding carboxylic acids is 2. The van der Waals surface area contributed by atoms with Crippen LogP contribution in [0.15, 0.2) is 24.3 Å². The molecule has 1 aromatic heterocycles. The summed E-state index contributed by atoms with van der Waals surface area (Å²) < 4.78 is 0. The predicted octanol–water partition coefficient (Wildman–Crippen LogP) is 0.623. The van der Waals surface area contributed by atoms with Crippen molar-refractivity contribution >= 4 is 22.7 Å². The van der Waals surface area contributed by atoms with E-state index in [2.05, 4.69) is 10.5 Å². The van der Waals surface area contributed by atoms with Gasteiger partial charge in [-0.05, 0) is 13.0 Å². The Morgan fingerprint density at radius 3 is 2.83 bits per heavy atom. The summed E-state index contributed by atoms with van der Waals surface area (Å²) in [7, 11) is 0. The second-order valence-corrected chi connectivity index (χ2v) is 3.86. The molecule has 0 atom stereocenters. The molecule has 2 amide bonds. The van der Waals surface area contributed by atoms with Crippen molar-refractivity contribution in [3.63, 3.8) is 0 Å². The molecule has 1 heterocycles. The Hall–Kier alpha value is -2.34. The van der Waals surface area contributed by atoms with Crippen LogP contribution in [0.4, 0.5) is 0 Å². The molecule has 1 aromatic carbocycles. The molecule has 0 radical (unpaired) electrons. The number of hydrogen-bond acceptors (Lipinski definition) is 3. The first-order valence-corrected chi connectivity index (χ1v) is 5.37. The maximum atomic E-state index is 11.9. The number of amides is 2. The van der Waals surface area contributed by atoms with Gasteiger partial charge in [-0.25, -0.2) is 5.48 Å². The second kappa shape index (κ2) is 4.89. The van der Waals surface area contributed by atoms with Crippen molar-refractivity contribution < 1.29 is 14.4 Å². The Labute approximate surface area is 103 Å². The molecule has 2 aromatic rings. The lowest BCUT2D eigenvalue weighted by atomic mass is 10.1. The number of benzene rings is 1. The molecule has 0 unspecified atom stereocenters. The highest BCUT2D eigenvalue weighted by atomic mass is 16.7. The van der Waals surface area contributed by atoms with Crippen LogP contribution in [0.25, 0.3) is 10.9 Å². The van der Waals surface area contributed by atoms with E-state index >= 15 is 0 Å². The van der Waals surface area contributed by atoms with E-state index in [1.165, 1.54) is 0 Å². The van der Waals surface area contributed by atoms with Crippen molar-refractivity contribution in [2.45, 2.75) is 6.92 Å². The first kappa shape index (κ1) is 12.1. The molecule has 6 nitrogen and oxygen atoms in total. The zero-order valence-electron chi connectivity index (χ0n) is 9.82. The SMILES string of the molecule is Cc1[nH]c2ccccc2c1C(=O)NOCC(N)=O. The van der Waals surface area contributed by atoms with Crippen LogP contribution in [0.2, 0.25) is 0 Å². The van der Waals surface area contributed by atoms with Crippen molar-refractivity contribution in [2.24, 2.45) is 5.73 Å². The van der Waals surface area contributed by atoms with E-state index in [1.54, 1.807) is 6.92 Å². The molecule has 0 aliphatic carbocycles. The molecule has 2 rings (SSSR count). The van der Waals surface area contributed by atoms with E-state index in [-0.39, 0.29) is 6.61 Å². The number of para-hydroxylation sites is 1. The van der Waals surface area contributed by atoms with Gasteiger partial charge in [0.05, 0.1) is 5.56 Å². The van der Waals surface area contributed by atoms with Crippen LogP contribution in [0, 0.1) is 6.92 Å². The highest BCUT2D eigenvalue weighted by Gasteiger charge is 2.15. The van der Waals surface area contributed by atoms with Crippen molar-refractivity contribution in [3.05, 3.63) is 35.5 Å². The fraction of sp³-hybridized carbons (Fsp3) is 0.167. The number of nitrogens with one attached hydrogen (secondary N) is 2. The fourth-order valence-corrected chi connectivity index (χ4v) is 1.79.